The molecule has 0 bridgehead atoms. The van der Waals surface area contributed by atoms with E-state index in [-0.39, 0.29) is 17.3 Å². The van der Waals surface area contributed by atoms with E-state index in [0.29, 0.717) is 11.4 Å². The van der Waals surface area contributed by atoms with E-state index in [1.54, 1.807) is 36.4 Å². The third-order valence-corrected chi connectivity index (χ3v) is 2.82. The predicted octanol–water partition coefficient (Wildman–Crippen LogP) is 1.93. The van der Waals surface area contributed by atoms with Gasteiger partial charge in [0.05, 0.1) is 5.69 Å². The van der Waals surface area contributed by atoms with Crippen LogP contribution in [0, 0.1) is 0 Å². The highest BCUT2D eigenvalue weighted by atomic mass is 16.3. The van der Waals surface area contributed by atoms with E-state index in [2.05, 4.69) is 16.0 Å². The number of phenolic OH excluding ortho intramolecular Hbond substituents is 1. The van der Waals surface area contributed by atoms with Gasteiger partial charge >= 0.3 is 11.8 Å². The monoisotopic (exact) mass is 313 g/mol. The second kappa shape index (κ2) is 7.08. The minimum absolute atomic E-state index is 0.131. The van der Waals surface area contributed by atoms with Gasteiger partial charge in [-0.25, -0.2) is 0 Å². The largest absolute Gasteiger partial charge is 0.506 e. The lowest BCUT2D eigenvalue weighted by molar-refractivity contribution is -0.133. The topological polar surface area (TPSA) is 108 Å². The van der Waals surface area contributed by atoms with Crippen molar-refractivity contribution < 1.29 is 19.5 Å². The fourth-order valence-corrected chi connectivity index (χ4v) is 1.79. The van der Waals surface area contributed by atoms with Crippen LogP contribution in [0.3, 0.4) is 0 Å². The number of aromatic hydroxyl groups is 1. The number of para-hydroxylation sites is 2. The van der Waals surface area contributed by atoms with Gasteiger partial charge in [0.1, 0.15) is 5.75 Å². The molecular formula is C16H15N3O4. The highest BCUT2D eigenvalue weighted by Gasteiger charge is 2.15. The molecule has 0 aliphatic heterocycles. The lowest BCUT2D eigenvalue weighted by Gasteiger charge is -2.08. The number of nitrogens with one attached hydrogen (secondary N) is 3. The van der Waals surface area contributed by atoms with Crippen molar-refractivity contribution in [2.75, 3.05) is 16.0 Å². The number of hydrogen-bond acceptors (Lipinski definition) is 4. The zero-order valence-electron chi connectivity index (χ0n) is 12.3. The maximum absolute atomic E-state index is 11.8. The second-order valence-electron chi connectivity index (χ2n) is 4.68. The first-order valence-electron chi connectivity index (χ1n) is 6.73. The van der Waals surface area contributed by atoms with Crippen molar-refractivity contribution in [2.24, 2.45) is 0 Å². The number of carbonyl (C=O) groups is 3. The highest BCUT2D eigenvalue weighted by molar-refractivity contribution is 6.43. The van der Waals surface area contributed by atoms with Crippen molar-refractivity contribution in [3.8, 4) is 5.75 Å². The summed E-state index contributed by atoms with van der Waals surface area (Å²) < 4.78 is 0. The van der Waals surface area contributed by atoms with Crippen molar-refractivity contribution >= 4 is 34.8 Å². The lowest BCUT2D eigenvalue weighted by atomic mass is 10.2. The number of benzene rings is 2. The van der Waals surface area contributed by atoms with Crippen LogP contribution < -0.4 is 16.0 Å². The van der Waals surface area contributed by atoms with Crippen molar-refractivity contribution in [2.45, 2.75) is 6.92 Å². The molecule has 2 aromatic carbocycles. The molecule has 23 heavy (non-hydrogen) atoms. The molecular weight excluding hydrogens is 298 g/mol. The van der Waals surface area contributed by atoms with Crippen LogP contribution in [-0.4, -0.2) is 22.8 Å². The van der Waals surface area contributed by atoms with Gasteiger partial charge in [-0.3, -0.25) is 14.4 Å². The van der Waals surface area contributed by atoms with Crippen LogP contribution in [0.25, 0.3) is 0 Å². The van der Waals surface area contributed by atoms with Gasteiger partial charge < -0.3 is 21.1 Å². The first kappa shape index (κ1) is 16.0. The maximum Gasteiger partial charge on any atom is 0.314 e. The third-order valence-electron chi connectivity index (χ3n) is 2.82. The molecule has 7 nitrogen and oxygen atoms in total. The van der Waals surface area contributed by atoms with Crippen molar-refractivity contribution in [3.63, 3.8) is 0 Å². The Balaban J connectivity index is 1.97. The van der Waals surface area contributed by atoms with E-state index in [9.17, 15) is 19.5 Å². The number of phenols is 1. The van der Waals surface area contributed by atoms with Crippen LogP contribution in [0.5, 0.6) is 5.75 Å². The van der Waals surface area contributed by atoms with Gasteiger partial charge in [0.15, 0.2) is 0 Å². The highest BCUT2D eigenvalue weighted by Crippen LogP contribution is 2.21. The molecule has 0 radical (unpaired) electrons. The first-order valence-corrected chi connectivity index (χ1v) is 6.73. The quantitative estimate of drug-likeness (QED) is 0.513. The van der Waals surface area contributed by atoms with E-state index in [4.69, 9.17) is 0 Å². The lowest BCUT2D eigenvalue weighted by Crippen LogP contribution is -2.29. The van der Waals surface area contributed by atoms with Crippen molar-refractivity contribution in [1.29, 1.82) is 0 Å². The van der Waals surface area contributed by atoms with Gasteiger partial charge in [0, 0.05) is 18.3 Å². The van der Waals surface area contributed by atoms with E-state index in [1.165, 1.54) is 19.1 Å². The third kappa shape index (κ3) is 4.57. The van der Waals surface area contributed by atoms with Gasteiger partial charge in [-0.05, 0) is 36.4 Å². The zero-order valence-corrected chi connectivity index (χ0v) is 12.3. The first-order chi connectivity index (χ1) is 11.0. The Bertz CT molecular complexity index is 741. The SMILES string of the molecule is CC(=O)Nc1ccc(NC(=O)C(=O)Nc2ccccc2O)cc1. The number of hydrogen-bond donors (Lipinski definition) is 4. The Morgan fingerprint density at radius 3 is 1.87 bits per heavy atom. The molecule has 4 N–H and O–H groups in total. The summed E-state index contributed by atoms with van der Waals surface area (Å²) in [4.78, 5) is 34.5. The molecule has 0 spiro atoms. The summed E-state index contributed by atoms with van der Waals surface area (Å²) in [6.07, 6.45) is 0. The summed E-state index contributed by atoms with van der Waals surface area (Å²) in [6.45, 7) is 1.39. The van der Waals surface area contributed by atoms with E-state index < -0.39 is 11.8 Å². The Morgan fingerprint density at radius 2 is 1.30 bits per heavy atom. The van der Waals surface area contributed by atoms with Crippen molar-refractivity contribution in [1.82, 2.24) is 0 Å². The maximum atomic E-state index is 11.8. The summed E-state index contributed by atoms with van der Waals surface area (Å²) in [5.41, 5.74) is 1.12. The zero-order chi connectivity index (χ0) is 16.8. The van der Waals surface area contributed by atoms with Gasteiger partial charge in [0.2, 0.25) is 5.91 Å². The van der Waals surface area contributed by atoms with Gasteiger partial charge in [-0.15, -0.1) is 0 Å². The Kier molecular flexibility index (Phi) is 4.93. The van der Waals surface area contributed by atoms with Crippen LogP contribution in [0.15, 0.2) is 48.5 Å². The number of anilines is 3. The normalized spacial score (nSPS) is 9.78. The Hall–Kier alpha value is -3.35. The molecule has 0 saturated carbocycles. The molecule has 0 aliphatic rings. The number of amides is 3. The average molecular weight is 313 g/mol. The minimum atomic E-state index is -0.905. The standard InChI is InChI=1S/C16H15N3O4/c1-10(20)17-11-6-8-12(9-7-11)18-15(22)16(23)19-13-4-2-3-5-14(13)21/h2-9,21H,1H3,(H,17,20)(H,18,22)(H,19,23). The van der Waals surface area contributed by atoms with E-state index in [1.807, 2.05) is 0 Å². The molecule has 118 valence electrons. The molecule has 0 aromatic heterocycles. The molecule has 0 heterocycles. The molecule has 0 fully saturated rings. The predicted molar refractivity (Wildman–Crippen MR) is 86.1 cm³/mol. The number of rotatable bonds is 3. The van der Waals surface area contributed by atoms with Crippen LogP contribution in [0.4, 0.5) is 17.1 Å². The fourth-order valence-electron chi connectivity index (χ4n) is 1.79. The summed E-state index contributed by atoms with van der Waals surface area (Å²) in [6, 6.07) is 12.4. The molecule has 0 aliphatic carbocycles. The Morgan fingerprint density at radius 1 is 0.783 bits per heavy atom. The van der Waals surface area contributed by atoms with Crippen LogP contribution in [-0.2, 0) is 14.4 Å². The summed E-state index contributed by atoms with van der Waals surface area (Å²) in [5.74, 6) is -2.12. The summed E-state index contributed by atoms with van der Waals surface area (Å²) in [7, 11) is 0. The molecule has 3 amide bonds. The second-order valence-corrected chi connectivity index (χ2v) is 4.68. The number of carbonyl (C=O) groups excluding carboxylic acids is 3. The smallest absolute Gasteiger partial charge is 0.314 e. The van der Waals surface area contributed by atoms with E-state index in [0.717, 1.165) is 0 Å². The molecule has 0 atom stereocenters. The van der Waals surface area contributed by atoms with Gasteiger partial charge in [-0.1, -0.05) is 12.1 Å². The average Bonchev–Trinajstić information content (AvgIpc) is 2.51. The van der Waals surface area contributed by atoms with Gasteiger partial charge in [0.25, 0.3) is 0 Å². The molecule has 0 saturated heterocycles. The Labute approximate surface area is 132 Å². The van der Waals surface area contributed by atoms with Crippen LogP contribution in [0.1, 0.15) is 6.92 Å². The van der Waals surface area contributed by atoms with E-state index >= 15 is 0 Å². The van der Waals surface area contributed by atoms with Crippen molar-refractivity contribution in [3.05, 3.63) is 48.5 Å². The minimum Gasteiger partial charge on any atom is -0.506 e. The fraction of sp³-hybridized carbons (Fsp3) is 0.0625. The summed E-state index contributed by atoms with van der Waals surface area (Å²) in [5, 5.41) is 16.9. The molecule has 0 unspecified atom stereocenters. The van der Waals surface area contributed by atoms with Gasteiger partial charge in [-0.2, -0.15) is 0 Å². The van der Waals surface area contributed by atoms with Crippen LogP contribution >= 0.6 is 0 Å². The molecule has 2 rings (SSSR count). The molecule has 2 aromatic rings. The molecule has 7 heteroatoms. The van der Waals surface area contributed by atoms with Crippen LogP contribution in [0.2, 0.25) is 0 Å². The summed E-state index contributed by atoms with van der Waals surface area (Å²) >= 11 is 0.